The van der Waals surface area contributed by atoms with Crippen LogP contribution in [-0.4, -0.2) is 32.5 Å². The second-order valence-corrected chi connectivity index (χ2v) is 5.43. The Balaban J connectivity index is 2.54. The van der Waals surface area contributed by atoms with Gasteiger partial charge >= 0.3 is 0 Å². The Kier molecular flexibility index (Phi) is 6.12. The number of rotatable bonds is 8. The average Bonchev–Trinajstić information content (AvgIpc) is 2.38. The molecule has 0 heterocycles. The lowest BCUT2D eigenvalue weighted by atomic mass is 9.90. The van der Waals surface area contributed by atoms with Gasteiger partial charge in [-0.1, -0.05) is 19.9 Å². The molecule has 0 fully saturated rings. The van der Waals surface area contributed by atoms with E-state index in [-0.39, 0.29) is 12.0 Å². The molecule has 1 aromatic rings. The molecular weight excluding hydrogens is 242 g/mol. The topological polar surface area (TPSA) is 50.7 Å². The summed E-state index contributed by atoms with van der Waals surface area (Å²) in [5.41, 5.74) is 1.25. The zero-order valence-corrected chi connectivity index (χ0v) is 12.3. The minimum Gasteiger partial charge on any atom is -0.493 e. The molecule has 108 valence electrons. The van der Waals surface area contributed by atoms with Crippen molar-refractivity contribution in [2.45, 2.75) is 26.8 Å². The Bertz CT molecular complexity index is 391. The predicted octanol–water partition coefficient (Wildman–Crippen LogP) is 2.20. The third-order valence-corrected chi connectivity index (χ3v) is 3.17. The maximum atomic E-state index is 8.99. The Hall–Kier alpha value is -1.26. The van der Waals surface area contributed by atoms with Gasteiger partial charge in [0.05, 0.1) is 14.2 Å². The number of nitrogens with one attached hydrogen (secondary N) is 1. The van der Waals surface area contributed by atoms with Crippen molar-refractivity contribution < 1.29 is 14.6 Å². The van der Waals surface area contributed by atoms with Crippen LogP contribution in [0, 0.1) is 5.41 Å². The minimum absolute atomic E-state index is 0.102. The van der Waals surface area contributed by atoms with Crippen LogP contribution < -0.4 is 14.8 Å². The van der Waals surface area contributed by atoms with E-state index in [0.717, 1.165) is 36.6 Å². The van der Waals surface area contributed by atoms with Crippen molar-refractivity contribution in [3.63, 3.8) is 0 Å². The molecule has 0 spiro atoms. The average molecular weight is 267 g/mol. The Morgan fingerprint density at radius 3 is 2.42 bits per heavy atom. The summed E-state index contributed by atoms with van der Waals surface area (Å²) in [6.45, 7) is 6.15. The highest BCUT2D eigenvalue weighted by atomic mass is 16.5. The number of benzene rings is 1. The minimum atomic E-state index is 0.102. The number of aliphatic hydroxyl groups is 1. The first-order chi connectivity index (χ1) is 9.02. The lowest BCUT2D eigenvalue weighted by Crippen LogP contribution is -2.29. The fourth-order valence-electron chi connectivity index (χ4n) is 1.93. The van der Waals surface area contributed by atoms with Crippen molar-refractivity contribution in [2.75, 3.05) is 27.4 Å². The number of methoxy groups -OCH3 is 2. The molecule has 19 heavy (non-hydrogen) atoms. The normalized spacial score (nSPS) is 11.4. The maximum absolute atomic E-state index is 8.99. The van der Waals surface area contributed by atoms with Gasteiger partial charge in [-0.3, -0.25) is 0 Å². The highest BCUT2D eigenvalue weighted by Crippen LogP contribution is 2.27. The smallest absolute Gasteiger partial charge is 0.161 e. The first-order valence-electron chi connectivity index (χ1n) is 6.55. The van der Waals surface area contributed by atoms with Crippen LogP contribution in [0.25, 0.3) is 0 Å². The molecule has 4 heteroatoms. The van der Waals surface area contributed by atoms with Crippen LogP contribution >= 0.6 is 0 Å². The molecule has 4 nitrogen and oxygen atoms in total. The summed E-state index contributed by atoms with van der Waals surface area (Å²) in [4.78, 5) is 0. The van der Waals surface area contributed by atoms with E-state index in [4.69, 9.17) is 14.6 Å². The summed E-state index contributed by atoms with van der Waals surface area (Å²) in [5.74, 6) is 1.49. The molecule has 0 aliphatic heterocycles. The van der Waals surface area contributed by atoms with Gasteiger partial charge in [-0.05, 0) is 29.5 Å². The van der Waals surface area contributed by atoms with Gasteiger partial charge in [-0.2, -0.15) is 0 Å². The Morgan fingerprint density at radius 2 is 1.84 bits per heavy atom. The zero-order chi connectivity index (χ0) is 14.3. The highest BCUT2D eigenvalue weighted by molar-refractivity contribution is 5.42. The van der Waals surface area contributed by atoms with E-state index >= 15 is 0 Å². The van der Waals surface area contributed by atoms with Crippen LogP contribution in [0.1, 0.15) is 25.8 Å². The summed E-state index contributed by atoms with van der Waals surface area (Å²) in [6.07, 6.45) is 0.798. The van der Waals surface area contributed by atoms with Crippen LogP contribution in [0.3, 0.4) is 0 Å². The van der Waals surface area contributed by atoms with Gasteiger partial charge in [0.25, 0.3) is 0 Å². The first-order valence-corrected chi connectivity index (χ1v) is 6.55. The standard InChI is InChI=1S/C15H25NO3/c1-15(2,7-8-17)11-16-10-12-5-6-13(18-3)14(9-12)19-4/h5-6,9,16-17H,7-8,10-11H2,1-4H3. The summed E-state index contributed by atoms with van der Waals surface area (Å²) in [7, 11) is 3.27. The van der Waals surface area contributed by atoms with Crippen molar-refractivity contribution in [1.82, 2.24) is 5.32 Å². The van der Waals surface area contributed by atoms with Crippen molar-refractivity contribution in [3.8, 4) is 11.5 Å². The van der Waals surface area contributed by atoms with Crippen molar-refractivity contribution >= 4 is 0 Å². The highest BCUT2D eigenvalue weighted by Gasteiger charge is 2.16. The van der Waals surface area contributed by atoms with E-state index in [1.807, 2.05) is 18.2 Å². The third-order valence-electron chi connectivity index (χ3n) is 3.17. The molecule has 0 saturated heterocycles. The molecule has 0 aliphatic carbocycles. The van der Waals surface area contributed by atoms with Crippen LogP contribution in [-0.2, 0) is 6.54 Å². The van der Waals surface area contributed by atoms with E-state index in [9.17, 15) is 0 Å². The van der Waals surface area contributed by atoms with Gasteiger partial charge in [0, 0.05) is 19.7 Å². The Labute approximate surface area is 115 Å². The maximum Gasteiger partial charge on any atom is 0.161 e. The number of aliphatic hydroxyl groups excluding tert-OH is 1. The third kappa shape index (κ3) is 5.09. The number of hydrogen-bond acceptors (Lipinski definition) is 4. The molecular formula is C15H25NO3. The van der Waals surface area contributed by atoms with E-state index in [0.29, 0.717) is 0 Å². The van der Waals surface area contributed by atoms with Gasteiger partial charge in [0.15, 0.2) is 11.5 Å². The van der Waals surface area contributed by atoms with Gasteiger partial charge < -0.3 is 19.9 Å². The van der Waals surface area contributed by atoms with Gasteiger partial charge in [-0.25, -0.2) is 0 Å². The van der Waals surface area contributed by atoms with E-state index in [1.165, 1.54) is 0 Å². The lowest BCUT2D eigenvalue weighted by molar-refractivity contribution is 0.207. The van der Waals surface area contributed by atoms with E-state index < -0.39 is 0 Å². The van der Waals surface area contributed by atoms with Crippen molar-refractivity contribution in [1.29, 1.82) is 0 Å². The molecule has 0 radical (unpaired) electrons. The lowest BCUT2D eigenvalue weighted by Gasteiger charge is -2.24. The summed E-state index contributed by atoms with van der Waals surface area (Å²) >= 11 is 0. The monoisotopic (exact) mass is 267 g/mol. The van der Waals surface area contributed by atoms with Crippen molar-refractivity contribution in [2.24, 2.45) is 5.41 Å². The second-order valence-electron chi connectivity index (χ2n) is 5.43. The number of hydrogen-bond donors (Lipinski definition) is 2. The molecule has 0 bridgehead atoms. The van der Waals surface area contributed by atoms with Crippen LogP contribution in [0.4, 0.5) is 0 Å². The first kappa shape index (κ1) is 15.8. The van der Waals surface area contributed by atoms with Gasteiger partial charge in [-0.15, -0.1) is 0 Å². The van der Waals surface area contributed by atoms with E-state index in [2.05, 4.69) is 19.2 Å². The summed E-state index contributed by atoms with van der Waals surface area (Å²) in [5, 5.41) is 12.4. The fraction of sp³-hybridized carbons (Fsp3) is 0.600. The molecule has 0 atom stereocenters. The molecule has 1 aromatic carbocycles. The molecule has 0 unspecified atom stereocenters. The Morgan fingerprint density at radius 1 is 1.16 bits per heavy atom. The number of ether oxygens (including phenoxy) is 2. The molecule has 0 saturated carbocycles. The van der Waals surface area contributed by atoms with Gasteiger partial charge in [0.2, 0.25) is 0 Å². The molecule has 0 amide bonds. The molecule has 0 aliphatic rings. The SMILES string of the molecule is COc1ccc(CNCC(C)(C)CCO)cc1OC. The molecule has 1 rings (SSSR count). The predicted molar refractivity (Wildman–Crippen MR) is 76.7 cm³/mol. The van der Waals surface area contributed by atoms with Crippen LogP contribution in [0.15, 0.2) is 18.2 Å². The quantitative estimate of drug-likeness (QED) is 0.758. The zero-order valence-electron chi connectivity index (χ0n) is 12.3. The fourth-order valence-corrected chi connectivity index (χ4v) is 1.93. The summed E-state index contributed by atoms with van der Waals surface area (Å²) < 4.78 is 10.5. The van der Waals surface area contributed by atoms with E-state index in [1.54, 1.807) is 14.2 Å². The second kappa shape index (κ2) is 7.36. The van der Waals surface area contributed by atoms with Crippen LogP contribution in [0.2, 0.25) is 0 Å². The molecule has 0 aromatic heterocycles. The molecule has 2 N–H and O–H groups in total. The van der Waals surface area contributed by atoms with Crippen LogP contribution in [0.5, 0.6) is 11.5 Å². The van der Waals surface area contributed by atoms with Crippen molar-refractivity contribution in [3.05, 3.63) is 23.8 Å². The summed E-state index contributed by atoms with van der Waals surface area (Å²) in [6, 6.07) is 5.91. The largest absolute Gasteiger partial charge is 0.493 e. The van der Waals surface area contributed by atoms with Gasteiger partial charge in [0.1, 0.15) is 0 Å².